The molecule has 0 spiro atoms. The van der Waals surface area contributed by atoms with Crippen LogP contribution in [-0.4, -0.2) is 95.1 Å². The lowest BCUT2D eigenvalue weighted by Gasteiger charge is -2.33. The molecule has 5 rings (SSSR count). The van der Waals surface area contributed by atoms with E-state index in [1.165, 1.54) is 11.2 Å². The second kappa shape index (κ2) is 18.0. The number of oxazole rings is 1. The van der Waals surface area contributed by atoms with E-state index in [4.69, 9.17) is 23.9 Å². The zero-order valence-corrected chi connectivity index (χ0v) is 33.3. The largest absolute Gasteiger partial charge is 0.467 e. The Morgan fingerprint density at radius 2 is 1.95 bits per heavy atom. The number of aryl methyl sites for hydroxylation is 1. The van der Waals surface area contributed by atoms with Crippen molar-refractivity contribution in [2.75, 3.05) is 33.9 Å². The van der Waals surface area contributed by atoms with Crippen LogP contribution in [-0.2, 0) is 48.0 Å². The van der Waals surface area contributed by atoms with Crippen molar-refractivity contribution in [1.29, 1.82) is 0 Å². The number of rotatable bonds is 18. The van der Waals surface area contributed by atoms with Gasteiger partial charge in [0, 0.05) is 73.9 Å². The molecule has 296 valence electrons. The number of ether oxygens (including phenoxy) is 2. The topological polar surface area (TPSA) is 161 Å². The Balaban J connectivity index is 1.56. The Morgan fingerprint density at radius 1 is 1.16 bits per heavy atom. The Morgan fingerprint density at radius 3 is 2.60 bits per heavy atom. The van der Waals surface area contributed by atoms with Gasteiger partial charge in [-0.25, -0.2) is 10.4 Å². The molecule has 0 saturated carbocycles. The molecule has 4 aromatic rings. The van der Waals surface area contributed by atoms with E-state index < -0.39 is 23.4 Å². The van der Waals surface area contributed by atoms with E-state index in [1.807, 2.05) is 32.9 Å². The molecular weight excluding hydrogens is 702 g/mol. The summed E-state index contributed by atoms with van der Waals surface area (Å²) in [7, 11) is 3.22. The van der Waals surface area contributed by atoms with E-state index in [0.717, 1.165) is 51.8 Å². The van der Waals surface area contributed by atoms with Crippen LogP contribution in [0.4, 0.5) is 0 Å². The number of pyridine rings is 1. The minimum absolute atomic E-state index is 0.0815. The average Bonchev–Trinajstić information content (AvgIpc) is 3.77. The predicted octanol–water partition coefficient (Wildman–Crippen LogP) is 5.09. The molecule has 14 heteroatoms. The molecule has 0 bridgehead atoms. The summed E-state index contributed by atoms with van der Waals surface area (Å²) in [5.41, 5.74) is 8.81. The number of carbonyl (C=O) groups is 4. The fourth-order valence-corrected chi connectivity index (χ4v) is 7.50. The molecule has 1 saturated heterocycles. The third-order valence-electron chi connectivity index (χ3n) is 10.2. The standard InChI is InChI=1S/C41H55N7O7/c1-9-47-34-15-14-28(19-31(34)32(21-41(5,6)23-54-25-50)37(47)30-13-12-16-42-35(30)27(4)53-8)39-44-29(22-55-39)20-33(40(52)48-18-11-10-17-43-48)45-38(51)36(26(2)3)46(7)24-49/h12-16,19,22,24-27,33,36,43H,9-11,17-18,20-21,23H2,1-8H3,(H,45,51). The molecule has 1 fully saturated rings. The Hall–Kier alpha value is -5.08. The smallest absolute Gasteiger partial charge is 0.293 e. The van der Waals surface area contributed by atoms with Gasteiger partial charge in [0.25, 0.3) is 12.4 Å². The van der Waals surface area contributed by atoms with Gasteiger partial charge in [-0.3, -0.25) is 29.2 Å². The molecule has 1 aliphatic rings. The van der Waals surface area contributed by atoms with Crippen molar-refractivity contribution in [2.24, 2.45) is 11.3 Å². The maximum absolute atomic E-state index is 13.8. The van der Waals surface area contributed by atoms with Crippen LogP contribution in [0.3, 0.4) is 0 Å². The van der Waals surface area contributed by atoms with Crippen LogP contribution in [0.2, 0.25) is 0 Å². The van der Waals surface area contributed by atoms with Gasteiger partial charge >= 0.3 is 0 Å². The van der Waals surface area contributed by atoms with Crippen molar-refractivity contribution >= 4 is 35.6 Å². The fraction of sp³-hybridized carbons (Fsp3) is 0.512. The molecule has 3 unspecified atom stereocenters. The Bertz CT molecular complexity index is 1960. The van der Waals surface area contributed by atoms with E-state index in [9.17, 15) is 19.2 Å². The first-order valence-electron chi connectivity index (χ1n) is 19.0. The lowest BCUT2D eigenvalue weighted by molar-refractivity contribution is -0.142. The normalized spacial score (nSPS) is 15.1. The summed E-state index contributed by atoms with van der Waals surface area (Å²) in [6.07, 6.45) is 6.11. The lowest BCUT2D eigenvalue weighted by atomic mass is 9.84. The summed E-state index contributed by atoms with van der Waals surface area (Å²) >= 11 is 0. The molecule has 4 heterocycles. The van der Waals surface area contributed by atoms with Gasteiger partial charge in [0.1, 0.15) is 18.3 Å². The molecule has 2 N–H and O–H groups in total. The molecule has 0 radical (unpaired) electrons. The number of benzene rings is 1. The van der Waals surface area contributed by atoms with Crippen molar-refractivity contribution < 1.29 is 33.1 Å². The molecule has 14 nitrogen and oxygen atoms in total. The zero-order valence-electron chi connectivity index (χ0n) is 33.3. The highest BCUT2D eigenvalue weighted by Gasteiger charge is 2.34. The van der Waals surface area contributed by atoms with Gasteiger partial charge in [-0.05, 0) is 74.9 Å². The number of fused-ring (bicyclic) bond motifs is 1. The Kier molecular flexibility index (Phi) is 13.5. The first-order valence-corrected chi connectivity index (χ1v) is 19.0. The van der Waals surface area contributed by atoms with Crippen LogP contribution < -0.4 is 10.7 Å². The average molecular weight is 758 g/mol. The molecule has 3 aromatic heterocycles. The second-order valence-electron chi connectivity index (χ2n) is 15.3. The number of nitrogens with zero attached hydrogens (tertiary/aromatic N) is 5. The zero-order chi connectivity index (χ0) is 39.9. The summed E-state index contributed by atoms with van der Waals surface area (Å²) in [5, 5.41) is 5.46. The highest BCUT2D eigenvalue weighted by molar-refractivity contribution is 5.95. The predicted molar refractivity (Wildman–Crippen MR) is 208 cm³/mol. The molecule has 3 amide bonds. The van der Waals surface area contributed by atoms with Crippen LogP contribution in [0, 0.1) is 11.3 Å². The Labute approximate surface area is 322 Å². The van der Waals surface area contributed by atoms with Crippen LogP contribution in [0.5, 0.6) is 0 Å². The number of carbonyl (C=O) groups excluding carboxylic acids is 4. The first-order chi connectivity index (χ1) is 26.3. The number of hydrazine groups is 1. The highest BCUT2D eigenvalue weighted by Crippen LogP contribution is 2.41. The van der Waals surface area contributed by atoms with Gasteiger partial charge in [0.15, 0.2) is 0 Å². The van der Waals surface area contributed by atoms with Crippen molar-refractivity contribution in [2.45, 2.75) is 92.0 Å². The van der Waals surface area contributed by atoms with E-state index in [1.54, 1.807) is 25.4 Å². The van der Waals surface area contributed by atoms with Crippen molar-refractivity contribution in [1.82, 2.24) is 35.2 Å². The maximum atomic E-state index is 13.8. The lowest BCUT2D eigenvalue weighted by Crippen LogP contribution is -2.59. The first kappa shape index (κ1) is 41.1. The number of methoxy groups -OCH3 is 1. The SMILES string of the molecule is CCn1c(-c2cccnc2C(C)OC)c(CC(C)(C)COC=O)c2cc(-c3nc(CC(NC(=O)C(C(C)C)N(C)C=O)C(=O)N4CCCCN4)co3)ccc21. The number of nitrogens with one attached hydrogen (secondary N) is 2. The fourth-order valence-electron chi connectivity index (χ4n) is 7.50. The van der Waals surface area contributed by atoms with Crippen LogP contribution in [0.15, 0.2) is 47.2 Å². The summed E-state index contributed by atoms with van der Waals surface area (Å²) in [4.78, 5) is 61.1. The summed E-state index contributed by atoms with van der Waals surface area (Å²) in [6, 6.07) is 8.36. The summed E-state index contributed by atoms with van der Waals surface area (Å²) in [5.74, 6) is -0.526. The molecule has 55 heavy (non-hydrogen) atoms. The van der Waals surface area contributed by atoms with Crippen molar-refractivity contribution in [3.63, 3.8) is 0 Å². The van der Waals surface area contributed by atoms with Crippen LogP contribution in [0.25, 0.3) is 33.6 Å². The van der Waals surface area contributed by atoms with Crippen molar-refractivity contribution in [3.8, 4) is 22.7 Å². The quantitative estimate of drug-likeness (QED) is 0.131. The van der Waals surface area contributed by atoms with Crippen molar-refractivity contribution in [3.05, 3.63) is 59.7 Å². The number of amides is 3. The van der Waals surface area contributed by atoms with Gasteiger partial charge in [-0.2, -0.15) is 0 Å². The van der Waals surface area contributed by atoms with Gasteiger partial charge in [0.05, 0.1) is 29.8 Å². The molecule has 3 atom stereocenters. The minimum Gasteiger partial charge on any atom is -0.467 e. The summed E-state index contributed by atoms with van der Waals surface area (Å²) < 4.78 is 19.3. The van der Waals surface area contributed by atoms with Gasteiger partial charge < -0.3 is 28.7 Å². The third kappa shape index (κ3) is 9.25. The third-order valence-corrected chi connectivity index (χ3v) is 10.2. The number of aromatic nitrogens is 3. The highest BCUT2D eigenvalue weighted by atomic mass is 16.5. The van der Waals surface area contributed by atoms with Crippen LogP contribution in [0.1, 0.15) is 77.4 Å². The number of hydrogen-bond acceptors (Lipinski definition) is 10. The van der Waals surface area contributed by atoms with E-state index in [-0.39, 0.29) is 31.0 Å². The van der Waals surface area contributed by atoms with Gasteiger partial charge in [-0.1, -0.05) is 27.7 Å². The molecule has 1 aromatic carbocycles. The van der Waals surface area contributed by atoms with E-state index in [0.29, 0.717) is 50.5 Å². The number of likely N-dealkylation sites (N-methyl/N-ethyl adjacent to an activating group) is 1. The molecular formula is C41H55N7O7. The molecule has 0 aliphatic carbocycles. The van der Waals surface area contributed by atoms with Crippen LogP contribution >= 0.6 is 0 Å². The second-order valence-corrected chi connectivity index (χ2v) is 15.3. The molecule has 1 aliphatic heterocycles. The van der Waals surface area contributed by atoms with E-state index in [2.05, 4.69) is 54.3 Å². The maximum Gasteiger partial charge on any atom is 0.293 e. The van der Waals surface area contributed by atoms with Gasteiger partial charge in [-0.15, -0.1) is 0 Å². The summed E-state index contributed by atoms with van der Waals surface area (Å²) in [6.45, 7) is 14.5. The monoisotopic (exact) mass is 757 g/mol. The van der Waals surface area contributed by atoms with E-state index >= 15 is 0 Å². The van der Waals surface area contributed by atoms with Gasteiger partial charge in [0.2, 0.25) is 18.2 Å². The number of hydrogen-bond donors (Lipinski definition) is 2. The minimum atomic E-state index is -0.952.